The zero-order valence-corrected chi connectivity index (χ0v) is 13.9. The largest absolute Gasteiger partial charge is 0.467 e. The van der Waals surface area contributed by atoms with E-state index in [1.165, 1.54) is 37.7 Å². The Hall–Kier alpha value is -0.800. The quantitative estimate of drug-likeness (QED) is 0.765. The Morgan fingerprint density at radius 3 is 2.90 bits per heavy atom. The molecule has 1 aliphatic rings. The number of ether oxygens (including phenoxy) is 1. The van der Waals surface area contributed by atoms with Gasteiger partial charge in [-0.15, -0.1) is 0 Å². The molecule has 1 aliphatic carbocycles. The second kappa shape index (κ2) is 8.60. The fraction of sp³-hybridized carbons (Fsp3) is 0.778. The number of rotatable bonds is 8. The molecule has 0 aliphatic heterocycles. The van der Waals surface area contributed by atoms with E-state index in [0.29, 0.717) is 18.6 Å². The molecule has 0 saturated heterocycles. The van der Waals surface area contributed by atoms with Gasteiger partial charge in [-0.3, -0.25) is 0 Å². The van der Waals surface area contributed by atoms with Crippen molar-refractivity contribution in [3.63, 3.8) is 0 Å². The lowest BCUT2D eigenvalue weighted by Gasteiger charge is -2.30. The Morgan fingerprint density at radius 1 is 1.33 bits per heavy atom. The molecule has 2 unspecified atom stereocenters. The van der Waals surface area contributed by atoms with Gasteiger partial charge >= 0.3 is 0 Å². The van der Waals surface area contributed by atoms with Crippen LogP contribution in [0.15, 0.2) is 16.7 Å². The van der Waals surface area contributed by atoms with E-state index < -0.39 is 0 Å². The predicted octanol–water partition coefficient (Wildman–Crippen LogP) is 4.51. The van der Waals surface area contributed by atoms with E-state index >= 15 is 0 Å². The van der Waals surface area contributed by atoms with Crippen LogP contribution in [0, 0.1) is 11.8 Å². The summed E-state index contributed by atoms with van der Waals surface area (Å²) in [6.07, 6.45) is 8.72. The van der Waals surface area contributed by atoms with E-state index in [1.54, 1.807) is 0 Å². The van der Waals surface area contributed by atoms with Crippen LogP contribution in [0.5, 0.6) is 0 Å². The van der Waals surface area contributed by atoms with Gasteiger partial charge in [0.2, 0.25) is 0 Å². The van der Waals surface area contributed by atoms with E-state index in [2.05, 4.69) is 32.2 Å². The Balaban J connectivity index is 1.74. The summed E-state index contributed by atoms with van der Waals surface area (Å²) in [4.78, 5) is 0. The Bertz CT molecular complexity index is 400. The number of hydrogen-bond acceptors (Lipinski definition) is 3. The second-order valence-electron chi connectivity index (χ2n) is 6.75. The molecule has 120 valence electrons. The van der Waals surface area contributed by atoms with Crippen LogP contribution in [0.1, 0.15) is 64.2 Å². The Morgan fingerprint density at radius 2 is 2.14 bits per heavy atom. The van der Waals surface area contributed by atoms with Gasteiger partial charge in [-0.2, -0.15) is 0 Å². The van der Waals surface area contributed by atoms with Crippen molar-refractivity contribution in [2.75, 3.05) is 6.54 Å². The summed E-state index contributed by atoms with van der Waals surface area (Å²) in [5.74, 6) is 2.37. The molecule has 0 spiro atoms. The van der Waals surface area contributed by atoms with Crippen LogP contribution >= 0.6 is 0 Å². The molecule has 1 aromatic heterocycles. The Labute approximate surface area is 129 Å². The minimum absolute atomic E-state index is 0.427. The normalized spacial score (nSPS) is 22.9. The fourth-order valence-electron chi connectivity index (χ4n) is 3.15. The van der Waals surface area contributed by atoms with Gasteiger partial charge in [0.25, 0.3) is 0 Å². The molecule has 2 atom stereocenters. The van der Waals surface area contributed by atoms with Gasteiger partial charge in [-0.25, -0.2) is 0 Å². The molecule has 3 heteroatoms. The Kier molecular flexibility index (Phi) is 6.78. The van der Waals surface area contributed by atoms with Crippen molar-refractivity contribution in [3.05, 3.63) is 23.7 Å². The summed E-state index contributed by atoms with van der Waals surface area (Å²) < 4.78 is 11.7. The van der Waals surface area contributed by atoms with Crippen molar-refractivity contribution >= 4 is 0 Å². The average Bonchev–Trinajstić information content (AvgIpc) is 2.93. The van der Waals surface area contributed by atoms with Gasteiger partial charge in [0.15, 0.2) is 0 Å². The summed E-state index contributed by atoms with van der Waals surface area (Å²) in [5, 5.41) is 3.44. The minimum atomic E-state index is 0.427. The van der Waals surface area contributed by atoms with Crippen LogP contribution in [0.2, 0.25) is 0 Å². The highest BCUT2D eigenvalue weighted by atomic mass is 16.5. The molecular formula is C18H31NO2. The molecular weight excluding hydrogens is 262 g/mol. The topological polar surface area (TPSA) is 34.4 Å². The van der Waals surface area contributed by atoms with E-state index in [4.69, 9.17) is 9.15 Å². The van der Waals surface area contributed by atoms with Crippen LogP contribution in [0.4, 0.5) is 0 Å². The smallest absolute Gasteiger partial charge is 0.129 e. The van der Waals surface area contributed by atoms with Gasteiger partial charge in [-0.05, 0) is 37.3 Å². The number of furan rings is 1. The zero-order chi connectivity index (χ0) is 15.1. The highest BCUT2D eigenvalue weighted by Gasteiger charge is 2.24. The van der Waals surface area contributed by atoms with E-state index in [-0.39, 0.29) is 0 Å². The summed E-state index contributed by atoms with van der Waals surface area (Å²) in [7, 11) is 0. The predicted molar refractivity (Wildman–Crippen MR) is 86.1 cm³/mol. The van der Waals surface area contributed by atoms with E-state index in [1.807, 2.05) is 6.26 Å². The first-order valence-corrected chi connectivity index (χ1v) is 8.57. The van der Waals surface area contributed by atoms with Crippen molar-refractivity contribution < 1.29 is 9.15 Å². The summed E-state index contributed by atoms with van der Waals surface area (Å²) in [6, 6.07) is 2.12. The molecule has 0 amide bonds. The van der Waals surface area contributed by atoms with Crippen molar-refractivity contribution in [2.24, 2.45) is 11.8 Å². The van der Waals surface area contributed by atoms with Crippen molar-refractivity contribution in [1.29, 1.82) is 0 Å². The van der Waals surface area contributed by atoms with Crippen LogP contribution < -0.4 is 5.32 Å². The van der Waals surface area contributed by atoms with Crippen molar-refractivity contribution in [1.82, 2.24) is 5.32 Å². The highest BCUT2D eigenvalue weighted by molar-refractivity contribution is 5.12. The monoisotopic (exact) mass is 293 g/mol. The highest BCUT2D eigenvalue weighted by Crippen LogP contribution is 2.29. The SMILES string of the molecule is CCC1CCCCC1OCc1cc(CNCC(C)C)co1. The third-order valence-corrected chi connectivity index (χ3v) is 4.39. The lowest BCUT2D eigenvalue weighted by Crippen LogP contribution is -2.27. The van der Waals surface area contributed by atoms with Gasteiger partial charge in [-0.1, -0.05) is 40.0 Å². The minimum Gasteiger partial charge on any atom is -0.467 e. The molecule has 0 aromatic carbocycles. The van der Waals surface area contributed by atoms with E-state index in [9.17, 15) is 0 Å². The molecule has 3 nitrogen and oxygen atoms in total. The van der Waals surface area contributed by atoms with Crippen LogP contribution in [0.25, 0.3) is 0 Å². The lowest BCUT2D eigenvalue weighted by atomic mass is 9.85. The molecule has 0 bridgehead atoms. The fourth-order valence-corrected chi connectivity index (χ4v) is 3.15. The molecule has 1 heterocycles. The van der Waals surface area contributed by atoms with Crippen molar-refractivity contribution in [3.8, 4) is 0 Å². The zero-order valence-electron chi connectivity index (χ0n) is 13.9. The first-order chi connectivity index (χ1) is 10.2. The number of hydrogen-bond donors (Lipinski definition) is 1. The van der Waals surface area contributed by atoms with E-state index in [0.717, 1.165) is 24.8 Å². The molecule has 1 fully saturated rings. The first kappa shape index (κ1) is 16.6. The molecule has 1 aromatic rings. The first-order valence-electron chi connectivity index (χ1n) is 8.57. The van der Waals surface area contributed by atoms with Gasteiger partial charge in [0.1, 0.15) is 12.4 Å². The molecule has 1 saturated carbocycles. The average molecular weight is 293 g/mol. The third kappa shape index (κ3) is 5.48. The maximum Gasteiger partial charge on any atom is 0.129 e. The van der Waals surface area contributed by atoms with Crippen LogP contribution in [-0.4, -0.2) is 12.6 Å². The number of nitrogens with one attached hydrogen (secondary N) is 1. The summed E-state index contributed by atoms with van der Waals surface area (Å²) >= 11 is 0. The van der Waals surface area contributed by atoms with Crippen LogP contribution in [-0.2, 0) is 17.9 Å². The standard InChI is InChI=1S/C18H31NO2/c1-4-16-7-5-6-8-18(16)21-13-17-9-15(12-20-17)11-19-10-14(2)3/h9,12,14,16,18-19H,4-8,10-11,13H2,1-3H3. The van der Waals surface area contributed by atoms with Crippen molar-refractivity contribution in [2.45, 2.75) is 72.1 Å². The third-order valence-electron chi connectivity index (χ3n) is 4.39. The second-order valence-corrected chi connectivity index (χ2v) is 6.75. The molecule has 0 radical (unpaired) electrons. The molecule has 21 heavy (non-hydrogen) atoms. The van der Waals surface area contributed by atoms with Gasteiger partial charge in [0, 0.05) is 12.1 Å². The summed E-state index contributed by atoms with van der Waals surface area (Å²) in [5.41, 5.74) is 1.21. The van der Waals surface area contributed by atoms with Gasteiger partial charge < -0.3 is 14.5 Å². The summed E-state index contributed by atoms with van der Waals surface area (Å²) in [6.45, 7) is 9.25. The maximum atomic E-state index is 6.11. The maximum absolute atomic E-state index is 6.11. The van der Waals surface area contributed by atoms with Crippen LogP contribution in [0.3, 0.4) is 0 Å². The van der Waals surface area contributed by atoms with Gasteiger partial charge in [0.05, 0.1) is 12.4 Å². The molecule has 2 rings (SSSR count). The lowest BCUT2D eigenvalue weighted by molar-refractivity contribution is -0.0283. The molecule has 1 N–H and O–H groups in total.